The number of ether oxygens (including phenoxy) is 1. The average molecular weight is 481 g/mol. The molecule has 0 spiro atoms. The molecule has 7 heteroatoms. The zero-order valence-corrected chi connectivity index (χ0v) is 21.2. The van der Waals surface area contributed by atoms with Gasteiger partial charge in [0.25, 0.3) is 0 Å². The minimum Gasteiger partial charge on any atom is -0.395 e. The summed E-state index contributed by atoms with van der Waals surface area (Å²) < 4.78 is 6.19. The summed E-state index contributed by atoms with van der Waals surface area (Å²) in [7, 11) is 0. The second-order valence-corrected chi connectivity index (χ2v) is 11.9. The van der Waals surface area contributed by atoms with Crippen LogP contribution in [-0.4, -0.2) is 83.3 Å². The van der Waals surface area contributed by atoms with Crippen LogP contribution in [-0.2, 0) is 9.53 Å². The van der Waals surface area contributed by atoms with Crippen molar-refractivity contribution in [1.82, 2.24) is 10.2 Å². The van der Waals surface area contributed by atoms with Crippen molar-refractivity contribution < 1.29 is 24.9 Å². The molecule has 4 bridgehead atoms. The number of likely N-dealkylation sites (tertiary alicyclic amines) is 1. The van der Waals surface area contributed by atoms with Gasteiger partial charge in [-0.15, -0.1) is 0 Å². The van der Waals surface area contributed by atoms with Crippen LogP contribution in [0.15, 0.2) is 0 Å². The number of aliphatic hydroxyl groups excluding tert-OH is 3. The maximum absolute atomic E-state index is 12.7. The van der Waals surface area contributed by atoms with E-state index in [4.69, 9.17) is 4.74 Å². The SMILES string of the molecule is CCCCCNC(=O)[C@H]1[C@H](O)[C@@H](O)[C@H](CO)N1CCCCCOCC12CC3CC(CC(C3)C1)C2. The fourth-order valence-electron chi connectivity index (χ4n) is 7.96. The molecule has 7 nitrogen and oxygen atoms in total. The van der Waals surface area contributed by atoms with Gasteiger partial charge in [-0.25, -0.2) is 0 Å². The van der Waals surface area contributed by atoms with Gasteiger partial charge < -0.3 is 25.4 Å². The minimum absolute atomic E-state index is 0.252. The van der Waals surface area contributed by atoms with Crippen molar-refractivity contribution >= 4 is 5.91 Å². The van der Waals surface area contributed by atoms with Gasteiger partial charge in [0.1, 0.15) is 12.1 Å². The van der Waals surface area contributed by atoms with Crippen LogP contribution < -0.4 is 5.32 Å². The van der Waals surface area contributed by atoms with E-state index in [2.05, 4.69) is 12.2 Å². The molecule has 5 aliphatic rings. The number of unbranched alkanes of at least 4 members (excludes halogenated alkanes) is 4. The van der Waals surface area contributed by atoms with Gasteiger partial charge in [0, 0.05) is 13.2 Å². The van der Waals surface area contributed by atoms with Gasteiger partial charge in [0.2, 0.25) is 5.91 Å². The first-order valence-corrected chi connectivity index (χ1v) is 14.0. The van der Waals surface area contributed by atoms with Crippen molar-refractivity contribution in [2.75, 3.05) is 32.9 Å². The highest BCUT2D eigenvalue weighted by atomic mass is 16.5. The van der Waals surface area contributed by atoms with Crippen molar-refractivity contribution in [2.24, 2.45) is 23.2 Å². The van der Waals surface area contributed by atoms with E-state index >= 15 is 0 Å². The molecule has 4 atom stereocenters. The van der Waals surface area contributed by atoms with Crippen molar-refractivity contribution in [1.29, 1.82) is 0 Å². The van der Waals surface area contributed by atoms with Crippen LogP contribution in [0.25, 0.3) is 0 Å². The lowest BCUT2D eigenvalue weighted by Gasteiger charge is -2.56. The molecule has 4 aliphatic carbocycles. The number of carbonyl (C=O) groups excluding carboxylic acids is 1. The second kappa shape index (κ2) is 12.0. The Morgan fingerprint density at radius 3 is 2.26 bits per heavy atom. The molecule has 0 aromatic rings. The minimum atomic E-state index is -1.17. The molecule has 0 aromatic carbocycles. The molecule has 0 radical (unpaired) electrons. The zero-order chi connectivity index (χ0) is 24.1. The molecule has 5 rings (SSSR count). The number of nitrogens with one attached hydrogen (secondary N) is 1. The van der Waals surface area contributed by atoms with E-state index in [0.717, 1.165) is 69.5 Å². The molecule has 1 saturated heterocycles. The number of hydrogen-bond donors (Lipinski definition) is 4. The molecule has 34 heavy (non-hydrogen) atoms. The summed E-state index contributed by atoms with van der Waals surface area (Å²) in [5, 5.41) is 33.6. The Labute approximate surface area is 205 Å². The van der Waals surface area contributed by atoms with E-state index in [1.807, 2.05) is 0 Å². The molecule has 4 N–H and O–H groups in total. The fraction of sp³-hybridized carbons (Fsp3) is 0.963. The van der Waals surface area contributed by atoms with Crippen molar-refractivity contribution in [3.63, 3.8) is 0 Å². The van der Waals surface area contributed by atoms with Crippen LogP contribution in [0.1, 0.15) is 84.0 Å². The molecule has 1 aliphatic heterocycles. The number of nitrogens with zero attached hydrogens (tertiary/aromatic N) is 1. The highest BCUT2D eigenvalue weighted by Gasteiger charge is 2.51. The third-order valence-electron chi connectivity index (χ3n) is 9.16. The normalized spacial score (nSPS) is 39.1. The molecule has 0 unspecified atom stereocenters. The quantitative estimate of drug-likeness (QED) is 0.285. The Morgan fingerprint density at radius 1 is 0.971 bits per heavy atom. The summed E-state index contributed by atoms with van der Waals surface area (Å²) in [5.74, 6) is 2.62. The highest BCUT2D eigenvalue weighted by Crippen LogP contribution is 2.60. The molecule has 4 saturated carbocycles. The van der Waals surface area contributed by atoms with Crippen LogP contribution in [0, 0.1) is 23.2 Å². The van der Waals surface area contributed by atoms with Crippen LogP contribution in [0.5, 0.6) is 0 Å². The smallest absolute Gasteiger partial charge is 0.240 e. The lowest BCUT2D eigenvalue weighted by Crippen LogP contribution is -2.50. The second-order valence-electron chi connectivity index (χ2n) is 11.9. The highest BCUT2D eigenvalue weighted by molar-refractivity contribution is 5.83. The lowest BCUT2D eigenvalue weighted by atomic mass is 9.50. The Hall–Kier alpha value is -0.730. The zero-order valence-electron chi connectivity index (χ0n) is 21.2. The standard InChI is InChI=1S/C27H48N2O5/c1-2-3-5-8-28-26(33)23-25(32)24(31)22(17-30)29(23)9-6-4-7-10-34-18-27-14-19-11-20(15-27)13-21(12-19)16-27/h19-25,30-32H,2-18H2,1H3,(H,28,33)/t19?,20?,21?,22-,23+,24-,25-,27?/m0/s1. The van der Waals surface area contributed by atoms with Crippen LogP contribution in [0.3, 0.4) is 0 Å². The molecule has 1 amide bonds. The van der Waals surface area contributed by atoms with E-state index in [1.54, 1.807) is 4.90 Å². The van der Waals surface area contributed by atoms with Crippen LogP contribution in [0.2, 0.25) is 0 Å². The van der Waals surface area contributed by atoms with Gasteiger partial charge in [0.15, 0.2) is 0 Å². The van der Waals surface area contributed by atoms with Gasteiger partial charge in [-0.05, 0) is 93.9 Å². The lowest BCUT2D eigenvalue weighted by molar-refractivity contribution is -0.129. The van der Waals surface area contributed by atoms with Crippen molar-refractivity contribution in [3.8, 4) is 0 Å². The van der Waals surface area contributed by atoms with Crippen LogP contribution >= 0.6 is 0 Å². The number of rotatable bonds is 14. The first kappa shape index (κ1) is 26.3. The van der Waals surface area contributed by atoms with E-state index in [0.29, 0.717) is 18.5 Å². The monoisotopic (exact) mass is 480 g/mol. The Bertz CT molecular complexity index is 624. The first-order valence-electron chi connectivity index (χ1n) is 14.0. The molecule has 0 aromatic heterocycles. The first-order chi connectivity index (χ1) is 16.5. The topological polar surface area (TPSA) is 102 Å². The van der Waals surface area contributed by atoms with Gasteiger partial charge in [-0.1, -0.05) is 19.8 Å². The van der Waals surface area contributed by atoms with Gasteiger partial charge >= 0.3 is 0 Å². The van der Waals surface area contributed by atoms with E-state index < -0.39 is 24.3 Å². The van der Waals surface area contributed by atoms with Crippen molar-refractivity contribution in [2.45, 2.75) is 108 Å². The predicted molar refractivity (Wildman–Crippen MR) is 131 cm³/mol. The van der Waals surface area contributed by atoms with Crippen molar-refractivity contribution in [3.05, 3.63) is 0 Å². The number of aliphatic hydroxyl groups is 3. The molecular formula is C27H48N2O5. The Morgan fingerprint density at radius 2 is 1.65 bits per heavy atom. The maximum atomic E-state index is 12.7. The Balaban J connectivity index is 1.17. The van der Waals surface area contributed by atoms with Gasteiger partial charge in [-0.3, -0.25) is 9.69 Å². The maximum Gasteiger partial charge on any atom is 0.240 e. The molecule has 1 heterocycles. The Kier molecular flexibility index (Phi) is 9.30. The number of carbonyl (C=O) groups is 1. The predicted octanol–water partition coefficient (Wildman–Crippen LogP) is 2.46. The number of amides is 1. The summed E-state index contributed by atoms with van der Waals surface area (Å²) in [6.07, 6.45) is 12.0. The summed E-state index contributed by atoms with van der Waals surface area (Å²) in [4.78, 5) is 14.6. The summed E-state index contributed by atoms with van der Waals surface area (Å²) in [6, 6.07) is -1.41. The fourth-order valence-corrected chi connectivity index (χ4v) is 7.96. The average Bonchev–Trinajstić information content (AvgIpc) is 3.04. The summed E-state index contributed by atoms with van der Waals surface area (Å²) >= 11 is 0. The molecular weight excluding hydrogens is 432 g/mol. The van der Waals surface area contributed by atoms with E-state index in [-0.39, 0.29) is 12.5 Å². The molecule has 196 valence electrons. The largest absolute Gasteiger partial charge is 0.395 e. The summed E-state index contributed by atoms with van der Waals surface area (Å²) in [5.41, 5.74) is 0.461. The van der Waals surface area contributed by atoms with E-state index in [1.165, 1.54) is 38.5 Å². The summed E-state index contributed by atoms with van der Waals surface area (Å²) in [6.45, 7) is 4.68. The van der Waals surface area contributed by atoms with E-state index in [9.17, 15) is 20.1 Å². The van der Waals surface area contributed by atoms with Crippen LogP contribution in [0.4, 0.5) is 0 Å². The van der Waals surface area contributed by atoms with Gasteiger partial charge in [0.05, 0.1) is 25.4 Å². The molecule has 5 fully saturated rings. The van der Waals surface area contributed by atoms with Gasteiger partial charge in [-0.2, -0.15) is 0 Å². The number of hydrogen-bond acceptors (Lipinski definition) is 6. The third kappa shape index (κ3) is 5.97. The third-order valence-corrected chi connectivity index (χ3v) is 9.16.